The number of imidazole rings is 1. The smallest absolute Gasteiger partial charge is 0.306 e. The van der Waals surface area contributed by atoms with Crippen LogP contribution in [0.2, 0.25) is 0 Å². The van der Waals surface area contributed by atoms with Crippen LogP contribution in [0.3, 0.4) is 0 Å². The van der Waals surface area contributed by atoms with Gasteiger partial charge < -0.3 is 9.13 Å². The van der Waals surface area contributed by atoms with Gasteiger partial charge in [-0.05, 0) is 24.6 Å². The Morgan fingerprint density at radius 2 is 1.78 bits per heavy atom. The highest BCUT2D eigenvalue weighted by molar-refractivity contribution is 7.89. The summed E-state index contributed by atoms with van der Waals surface area (Å²) in [5.41, 5.74) is 0.151. The van der Waals surface area contributed by atoms with Gasteiger partial charge in [0, 0.05) is 44.4 Å². The Hall–Kier alpha value is -2.98. The van der Waals surface area contributed by atoms with Gasteiger partial charge in [-0.2, -0.15) is 0 Å². The van der Waals surface area contributed by atoms with E-state index in [0.717, 1.165) is 26.6 Å². The summed E-state index contributed by atoms with van der Waals surface area (Å²) in [5.74, 6) is 0. The summed E-state index contributed by atoms with van der Waals surface area (Å²) in [7, 11) is -1.49. The maximum absolute atomic E-state index is 12.7. The van der Waals surface area contributed by atoms with Gasteiger partial charge in [-0.15, -0.1) is 0 Å². The molecule has 0 saturated carbocycles. The maximum atomic E-state index is 12.7. The molecule has 0 aliphatic carbocycles. The molecule has 3 aromatic rings. The third-order valence-electron chi connectivity index (χ3n) is 4.23. The molecular weight excluding hydrogens is 370 g/mol. The molecule has 142 valence electrons. The number of sulfonamides is 1. The van der Waals surface area contributed by atoms with Crippen LogP contribution in [0.1, 0.15) is 18.5 Å². The second kappa shape index (κ2) is 6.97. The van der Waals surface area contributed by atoms with Crippen molar-refractivity contribution < 1.29 is 8.42 Å². The summed E-state index contributed by atoms with van der Waals surface area (Å²) < 4.78 is 31.4. The Morgan fingerprint density at radius 3 is 2.37 bits per heavy atom. The molecule has 0 fully saturated rings. The van der Waals surface area contributed by atoms with Gasteiger partial charge in [-0.3, -0.25) is 9.36 Å². The van der Waals surface area contributed by atoms with Crippen molar-refractivity contribution in [1.29, 1.82) is 0 Å². The van der Waals surface area contributed by atoms with Crippen LogP contribution in [0, 0.1) is 0 Å². The second-order valence-electron chi connectivity index (χ2n) is 6.16. The monoisotopic (exact) mass is 389 g/mol. The average Bonchev–Trinajstić information content (AvgIpc) is 3.17. The van der Waals surface area contributed by atoms with Crippen molar-refractivity contribution in [2.45, 2.75) is 17.9 Å². The minimum atomic E-state index is -4.11. The molecule has 10 heteroatoms. The highest BCUT2D eigenvalue weighted by atomic mass is 32.2. The predicted octanol–water partition coefficient (Wildman–Crippen LogP) is 0.309. The Labute approximate surface area is 155 Å². The first-order valence-electron chi connectivity index (χ1n) is 8.08. The molecule has 0 saturated heterocycles. The van der Waals surface area contributed by atoms with Gasteiger partial charge in [-0.25, -0.2) is 22.9 Å². The molecule has 0 radical (unpaired) electrons. The van der Waals surface area contributed by atoms with Crippen molar-refractivity contribution in [3.8, 4) is 5.69 Å². The highest BCUT2D eigenvalue weighted by Crippen LogP contribution is 2.17. The molecular formula is C17H19N5O4S. The number of benzene rings is 1. The Kier molecular flexibility index (Phi) is 4.85. The predicted molar refractivity (Wildman–Crippen MR) is 99.2 cm³/mol. The lowest BCUT2D eigenvalue weighted by atomic mass is 10.1. The van der Waals surface area contributed by atoms with E-state index in [1.807, 2.05) is 16.7 Å². The van der Waals surface area contributed by atoms with Crippen LogP contribution < -0.4 is 16.0 Å². The number of hydrogen-bond acceptors (Lipinski definition) is 5. The Balaban J connectivity index is 1.88. The van der Waals surface area contributed by atoms with E-state index in [9.17, 15) is 18.0 Å². The fourth-order valence-electron chi connectivity index (χ4n) is 2.67. The molecule has 1 atom stereocenters. The minimum Gasteiger partial charge on any atom is -0.306 e. The van der Waals surface area contributed by atoms with E-state index in [1.54, 1.807) is 37.8 Å². The highest BCUT2D eigenvalue weighted by Gasteiger charge is 2.24. The zero-order valence-electron chi connectivity index (χ0n) is 15.0. The average molecular weight is 389 g/mol. The maximum Gasteiger partial charge on any atom is 0.330 e. The summed E-state index contributed by atoms with van der Waals surface area (Å²) in [6, 6.07) is 6.69. The van der Waals surface area contributed by atoms with E-state index >= 15 is 0 Å². The molecule has 3 rings (SSSR count). The third-order valence-corrected chi connectivity index (χ3v) is 5.75. The van der Waals surface area contributed by atoms with Gasteiger partial charge in [0.1, 0.15) is 0 Å². The standard InChI is InChI=1S/C17H19N5O4S/c1-12(13-4-6-14(7-5-13)22-9-8-18-11-22)19-27(25,26)15-10-20(2)17(24)21(3)16(15)23/h4-12,19H,1-3H3. The van der Waals surface area contributed by atoms with Crippen LogP contribution >= 0.6 is 0 Å². The Bertz CT molecular complexity index is 1180. The zero-order valence-corrected chi connectivity index (χ0v) is 15.8. The quantitative estimate of drug-likeness (QED) is 0.676. The summed E-state index contributed by atoms with van der Waals surface area (Å²) >= 11 is 0. The minimum absolute atomic E-state index is 0.478. The van der Waals surface area contributed by atoms with Gasteiger partial charge in [0.15, 0.2) is 4.90 Å². The van der Waals surface area contributed by atoms with Gasteiger partial charge in [-0.1, -0.05) is 12.1 Å². The van der Waals surface area contributed by atoms with Crippen molar-refractivity contribution in [2.24, 2.45) is 14.1 Å². The van der Waals surface area contributed by atoms with Gasteiger partial charge in [0.25, 0.3) is 5.56 Å². The lowest BCUT2D eigenvalue weighted by Crippen LogP contribution is -2.41. The first kappa shape index (κ1) is 18.8. The first-order valence-corrected chi connectivity index (χ1v) is 9.56. The van der Waals surface area contributed by atoms with Crippen LogP contribution in [0.4, 0.5) is 0 Å². The van der Waals surface area contributed by atoms with E-state index in [4.69, 9.17) is 0 Å². The van der Waals surface area contributed by atoms with Crippen LogP contribution in [0.25, 0.3) is 5.69 Å². The fraction of sp³-hybridized carbons (Fsp3) is 0.235. The van der Waals surface area contributed by atoms with Crippen molar-refractivity contribution >= 4 is 10.0 Å². The number of hydrogen-bond donors (Lipinski definition) is 1. The lowest BCUT2D eigenvalue weighted by Gasteiger charge is -2.16. The molecule has 0 aliphatic heterocycles. The molecule has 1 N–H and O–H groups in total. The lowest BCUT2D eigenvalue weighted by molar-refractivity contribution is 0.557. The summed E-state index contributed by atoms with van der Waals surface area (Å²) in [5, 5.41) is 0. The summed E-state index contributed by atoms with van der Waals surface area (Å²) in [4.78, 5) is 27.5. The van der Waals surface area contributed by atoms with Gasteiger partial charge in [0.05, 0.1) is 6.33 Å². The van der Waals surface area contributed by atoms with Gasteiger partial charge in [0.2, 0.25) is 10.0 Å². The first-order chi connectivity index (χ1) is 12.7. The molecule has 1 unspecified atom stereocenters. The number of nitrogens with one attached hydrogen (secondary N) is 1. The zero-order chi connectivity index (χ0) is 19.8. The van der Waals surface area contributed by atoms with Crippen molar-refractivity contribution in [3.63, 3.8) is 0 Å². The Morgan fingerprint density at radius 1 is 1.11 bits per heavy atom. The third kappa shape index (κ3) is 3.62. The summed E-state index contributed by atoms with van der Waals surface area (Å²) in [6.07, 6.45) is 6.16. The van der Waals surface area contributed by atoms with Crippen LogP contribution in [0.5, 0.6) is 0 Å². The number of aromatic nitrogens is 4. The normalized spacial score (nSPS) is 12.9. The van der Waals surface area contributed by atoms with Gasteiger partial charge >= 0.3 is 5.69 Å². The molecule has 0 bridgehead atoms. The van der Waals surface area contributed by atoms with Crippen LogP contribution in [-0.2, 0) is 24.1 Å². The molecule has 2 aromatic heterocycles. The van der Waals surface area contributed by atoms with Crippen LogP contribution in [0.15, 0.2) is 63.7 Å². The van der Waals surface area contributed by atoms with Crippen molar-refractivity contribution in [2.75, 3.05) is 0 Å². The fourth-order valence-corrected chi connectivity index (χ4v) is 4.06. The van der Waals surface area contributed by atoms with Crippen molar-refractivity contribution in [3.05, 3.63) is 75.6 Å². The van der Waals surface area contributed by atoms with E-state index < -0.39 is 32.2 Å². The molecule has 27 heavy (non-hydrogen) atoms. The largest absolute Gasteiger partial charge is 0.330 e. The number of nitrogens with zero attached hydrogens (tertiary/aromatic N) is 4. The SMILES string of the molecule is CC(NS(=O)(=O)c1cn(C)c(=O)n(C)c1=O)c1ccc(-n2ccnc2)cc1. The summed E-state index contributed by atoms with van der Waals surface area (Å²) in [6.45, 7) is 1.68. The van der Waals surface area contributed by atoms with Crippen molar-refractivity contribution in [1.82, 2.24) is 23.4 Å². The molecule has 1 aromatic carbocycles. The van der Waals surface area contributed by atoms with E-state index in [1.165, 1.54) is 14.1 Å². The topological polar surface area (TPSA) is 108 Å². The molecule has 9 nitrogen and oxygen atoms in total. The molecule has 0 aliphatic rings. The van der Waals surface area contributed by atoms with E-state index in [-0.39, 0.29) is 0 Å². The van der Waals surface area contributed by atoms with E-state index in [0.29, 0.717) is 0 Å². The van der Waals surface area contributed by atoms with Crippen LogP contribution in [-0.4, -0.2) is 27.1 Å². The number of aryl methyl sites for hydroxylation is 1. The van der Waals surface area contributed by atoms with E-state index in [2.05, 4.69) is 9.71 Å². The second-order valence-corrected chi connectivity index (χ2v) is 7.84. The molecule has 0 spiro atoms. The molecule has 2 heterocycles. The number of rotatable bonds is 5. The molecule has 0 amide bonds.